The van der Waals surface area contributed by atoms with Gasteiger partial charge in [-0.2, -0.15) is 4.31 Å². The number of piperidine rings is 1. The molecule has 1 rings (SSSR count). The monoisotopic (exact) mass is 264 g/mol. The zero-order chi connectivity index (χ0) is 13.1. The van der Waals surface area contributed by atoms with E-state index in [1.54, 1.807) is 6.92 Å². The first-order valence-electron chi connectivity index (χ1n) is 5.75. The van der Waals surface area contributed by atoms with Crippen molar-refractivity contribution in [3.63, 3.8) is 0 Å². The molecule has 1 heterocycles. The largest absolute Gasteiger partial charge is 0.392 e. The molecular formula is C10H20N2O4S. The van der Waals surface area contributed by atoms with E-state index in [0.29, 0.717) is 13.0 Å². The molecule has 1 aliphatic heterocycles. The molecule has 1 saturated heterocycles. The highest BCUT2D eigenvalue weighted by atomic mass is 32.2. The average Bonchev–Trinajstić information content (AvgIpc) is 2.24. The zero-order valence-electron chi connectivity index (χ0n) is 10.2. The van der Waals surface area contributed by atoms with Crippen LogP contribution in [0.2, 0.25) is 0 Å². The van der Waals surface area contributed by atoms with Gasteiger partial charge < -0.3 is 10.4 Å². The lowest BCUT2D eigenvalue weighted by molar-refractivity contribution is -0.126. The van der Waals surface area contributed by atoms with Crippen LogP contribution in [-0.2, 0) is 14.8 Å². The summed E-state index contributed by atoms with van der Waals surface area (Å²) in [4.78, 5) is 11.8. The second-order valence-electron chi connectivity index (χ2n) is 4.48. The van der Waals surface area contributed by atoms with Gasteiger partial charge in [-0.05, 0) is 19.8 Å². The maximum atomic E-state index is 11.8. The van der Waals surface area contributed by atoms with Gasteiger partial charge in [0.15, 0.2) is 0 Å². The fraction of sp³-hybridized carbons (Fsp3) is 0.900. The number of hydrogen-bond donors (Lipinski definition) is 2. The number of aliphatic hydroxyl groups excluding tert-OH is 1. The van der Waals surface area contributed by atoms with Crippen LogP contribution in [0.25, 0.3) is 0 Å². The fourth-order valence-electron chi connectivity index (χ4n) is 1.93. The maximum Gasteiger partial charge on any atom is 0.238 e. The topological polar surface area (TPSA) is 86.7 Å². The van der Waals surface area contributed by atoms with Gasteiger partial charge in [0.1, 0.15) is 6.04 Å². The first-order valence-corrected chi connectivity index (χ1v) is 7.60. The minimum Gasteiger partial charge on any atom is -0.392 e. The van der Waals surface area contributed by atoms with Crippen LogP contribution in [0, 0.1) is 0 Å². The number of carbonyl (C=O) groups is 1. The number of amides is 1. The Morgan fingerprint density at radius 3 is 2.71 bits per heavy atom. The molecule has 0 aromatic heterocycles. The van der Waals surface area contributed by atoms with Crippen molar-refractivity contribution in [3.05, 3.63) is 0 Å². The van der Waals surface area contributed by atoms with Crippen LogP contribution in [-0.4, -0.2) is 55.2 Å². The van der Waals surface area contributed by atoms with E-state index in [1.165, 1.54) is 4.31 Å². The smallest absolute Gasteiger partial charge is 0.238 e. The van der Waals surface area contributed by atoms with Gasteiger partial charge in [0.05, 0.1) is 12.4 Å². The van der Waals surface area contributed by atoms with Gasteiger partial charge >= 0.3 is 0 Å². The average molecular weight is 264 g/mol. The van der Waals surface area contributed by atoms with Gasteiger partial charge in [-0.1, -0.05) is 6.42 Å². The first kappa shape index (κ1) is 14.4. The number of rotatable bonds is 4. The van der Waals surface area contributed by atoms with Crippen LogP contribution in [0.3, 0.4) is 0 Å². The van der Waals surface area contributed by atoms with Crippen LogP contribution in [0.4, 0.5) is 0 Å². The van der Waals surface area contributed by atoms with Crippen LogP contribution in [0.5, 0.6) is 0 Å². The van der Waals surface area contributed by atoms with Crippen molar-refractivity contribution in [1.82, 2.24) is 9.62 Å². The van der Waals surface area contributed by atoms with Crippen molar-refractivity contribution >= 4 is 15.9 Å². The molecule has 0 radical (unpaired) electrons. The van der Waals surface area contributed by atoms with Gasteiger partial charge in [0.2, 0.25) is 15.9 Å². The summed E-state index contributed by atoms with van der Waals surface area (Å²) in [5.74, 6) is -0.323. The van der Waals surface area contributed by atoms with Crippen molar-refractivity contribution in [2.45, 2.75) is 38.3 Å². The lowest BCUT2D eigenvalue weighted by Gasteiger charge is -2.32. The Morgan fingerprint density at radius 2 is 2.18 bits per heavy atom. The molecule has 1 amide bonds. The third-order valence-corrected chi connectivity index (χ3v) is 4.04. The number of nitrogens with one attached hydrogen (secondary N) is 1. The fourth-order valence-corrected chi connectivity index (χ4v) is 3.05. The van der Waals surface area contributed by atoms with Gasteiger partial charge in [-0.3, -0.25) is 4.79 Å². The van der Waals surface area contributed by atoms with Crippen LogP contribution >= 0.6 is 0 Å². The van der Waals surface area contributed by atoms with Crippen molar-refractivity contribution in [2.24, 2.45) is 0 Å². The van der Waals surface area contributed by atoms with E-state index in [9.17, 15) is 13.2 Å². The molecule has 100 valence electrons. The minimum atomic E-state index is -3.35. The van der Waals surface area contributed by atoms with E-state index < -0.39 is 22.2 Å². The molecule has 0 spiro atoms. The molecule has 0 saturated carbocycles. The second kappa shape index (κ2) is 5.79. The van der Waals surface area contributed by atoms with Gasteiger partial charge in [0, 0.05) is 13.1 Å². The molecular weight excluding hydrogens is 244 g/mol. The zero-order valence-corrected chi connectivity index (χ0v) is 11.0. The van der Waals surface area contributed by atoms with E-state index in [4.69, 9.17) is 5.11 Å². The summed E-state index contributed by atoms with van der Waals surface area (Å²) in [5, 5.41) is 11.6. The Labute approximate surface area is 102 Å². The standard InChI is InChI=1S/C10H20N2O4S/c1-8(13)7-11-10(14)9-5-3-4-6-12(9)17(2,15)16/h8-9,13H,3-7H2,1-2H3,(H,11,14). The normalized spacial score (nSPS) is 24.3. The summed E-state index contributed by atoms with van der Waals surface area (Å²) in [6.07, 6.45) is 2.66. The van der Waals surface area contributed by atoms with Crippen molar-refractivity contribution in [1.29, 1.82) is 0 Å². The van der Waals surface area contributed by atoms with Crippen LogP contribution in [0.1, 0.15) is 26.2 Å². The Bertz CT molecular complexity index is 367. The minimum absolute atomic E-state index is 0.146. The van der Waals surface area contributed by atoms with Gasteiger partial charge in [0.25, 0.3) is 0 Å². The van der Waals surface area contributed by atoms with E-state index >= 15 is 0 Å². The van der Waals surface area contributed by atoms with Crippen molar-refractivity contribution in [3.8, 4) is 0 Å². The molecule has 2 N–H and O–H groups in total. The quantitative estimate of drug-likeness (QED) is 0.703. The Hall–Kier alpha value is -0.660. The maximum absolute atomic E-state index is 11.8. The molecule has 0 aromatic carbocycles. The Kier molecular flexibility index (Phi) is 4.91. The highest BCUT2D eigenvalue weighted by Crippen LogP contribution is 2.19. The summed E-state index contributed by atoms with van der Waals surface area (Å²) < 4.78 is 24.3. The predicted molar refractivity (Wildman–Crippen MR) is 63.9 cm³/mol. The lowest BCUT2D eigenvalue weighted by Crippen LogP contribution is -2.52. The molecule has 1 fully saturated rings. The number of nitrogens with zero attached hydrogens (tertiary/aromatic N) is 1. The summed E-state index contributed by atoms with van der Waals surface area (Å²) in [7, 11) is -3.35. The van der Waals surface area contributed by atoms with Gasteiger partial charge in [-0.15, -0.1) is 0 Å². The molecule has 17 heavy (non-hydrogen) atoms. The SMILES string of the molecule is CC(O)CNC(=O)C1CCCCN1S(C)(=O)=O. The van der Waals surface area contributed by atoms with Crippen molar-refractivity contribution in [2.75, 3.05) is 19.3 Å². The number of sulfonamides is 1. The molecule has 2 atom stereocenters. The summed E-state index contributed by atoms with van der Waals surface area (Å²) >= 11 is 0. The molecule has 2 unspecified atom stereocenters. The Morgan fingerprint density at radius 1 is 1.53 bits per heavy atom. The predicted octanol–water partition coefficient (Wildman–Crippen LogP) is -0.702. The van der Waals surface area contributed by atoms with Gasteiger partial charge in [-0.25, -0.2) is 8.42 Å². The molecule has 0 aromatic rings. The third kappa shape index (κ3) is 4.25. The second-order valence-corrected chi connectivity index (χ2v) is 6.41. The summed E-state index contributed by atoms with van der Waals surface area (Å²) in [5.41, 5.74) is 0. The lowest BCUT2D eigenvalue weighted by atomic mass is 10.0. The van der Waals surface area contributed by atoms with Crippen LogP contribution < -0.4 is 5.32 Å². The van der Waals surface area contributed by atoms with E-state index in [0.717, 1.165) is 19.1 Å². The molecule has 6 nitrogen and oxygen atoms in total. The summed E-state index contributed by atoms with van der Waals surface area (Å²) in [6.45, 7) is 2.11. The van der Waals surface area contributed by atoms with E-state index in [-0.39, 0.29) is 12.5 Å². The van der Waals surface area contributed by atoms with Crippen LogP contribution in [0.15, 0.2) is 0 Å². The Balaban J connectivity index is 2.68. The van der Waals surface area contributed by atoms with Crippen molar-refractivity contribution < 1.29 is 18.3 Å². The molecule has 0 bridgehead atoms. The number of aliphatic hydroxyl groups is 1. The highest BCUT2D eigenvalue weighted by molar-refractivity contribution is 7.88. The highest BCUT2D eigenvalue weighted by Gasteiger charge is 2.34. The molecule has 7 heteroatoms. The molecule has 1 aliphatic rings. The summed E-state index contributed by atoms with van der Waals surface area (Å²) in [6, 6.07) is -0.627. The molecule has 0 aliphatic carbocycles. The van der Waals surface area contributed by atoms with E-state index in [1.807, 2.05) is 0 Å². The first-order chi connectivity index (χ1) is 7.82. The third-order valence-electron chi connectivity index (χ3n) is 2.75. The number of carbonyl (C=O) groups excluding carboxylic acids is 1. The number of hydrogen-bond acceptors (Lipinski definition) is 4. The van der Waals surface area contributed by atoms with E-state index in [2.05, 4.69) is 5.32 Å².